The third kappa shape index (κ3) is 40.7. The first-order valence-corrected chi connectivity index (χ1v) is 30.0. The SMILES string of the molecule is CCCCCC/C=C\C/C=C\CCCCCCCCOCC(COC1OC(CO)C(O)C(OS(=O)(=O)O)C1O)OC(=O)CCCCCCCCCCCCCCCCCCCCCCCCCCC. The monoisotopic (exact) mass is 1000 g/mol. The number of hydrogen-bond donors (Lipinski definition) is 4. The molecule has 0 aromatic carbocycles. The molecule has 1 fully saturated rings. The topological polar surface area (TPSA) is 178 Å². The summed E-state index contributed by atoms with van der Waals surface area (Å²) in [6.45, 7) is 4.01. The van der Waals surface area contributed by atoms with Crippen LogP contribution in [-0.4, -0.2) is 97.5 Å². The second-order valence-electron chi connectivity index (χ2n) is 19.9. The van der Waals surface area contributed by atoms with Gasteiger partial charge in [0.25, 0.3) is 0 Å². The summed E-state index contributed by atoms with van der Waals surface area (Å²) in [4.78, 5) is 12.9. The van der Waals surface area contributed by atoms with Crippen molar-refractivity contribution >= 4 is 16.4 Å². The number of hydrogen-bond acceptors (Lipinski definition) is 11. The van der Waals surface area contributed by atoms with E-state index in [0.717, 1.165) is 57.8 Å². The summed E-state index contributed by atoms with van der Waals surface area (Å²) in [6.07, 6.45) is 47.9. The number of unbranched alkanes of at least 4 members (excludes halogenated alkanes) is 34. The molecule has 0 amide bonds. The van der Waals surface area contributed by atoms with Crippen molar-refractivity contribution in [2.24, 2.45) is 0 Å². The van der Waals surface area contributed by atoms with Gasteiger partial charge in [-0.2, -0.15) is 8.42 Å². The summed E-state index contributed by atoms with van der Waals surface area (Å²) in [5.41, 5.74) is 0. The highest BCUT2D eigenvalue weighted by Gasteiger charge is 2.48. The molecule has 1 heterocycles. The van der Waals surface area contributed by atoms with Gasteiger partial charge in [-0.15, -0.1) is 0 Å². The third-order valence-electron chi connectivity index (χ3n) is 13.3. The van der Waals surface area contributed by atoms with Crippen molar-refractivity contribution in [2.75, 3.05) is 26.4 Å². The Hall–Kier alpha value is -1.42. The Balaban J connectivity index is 2.28. The summed E-state index contributed by atoms with van der Waals surface area (Å²) in [6, 6.07) is 0. The smallest absolute Gasteiger partial charge is 0.397 e. The highest BCUT2D eigenvalue weighted by Crippen LogP contribution is 2.26. The van der Waals surface area contributed by atoms with Crippen LogP contribution >= 0.6 is 0 Å². The Labute approximate surface area is 422 Å². The van der Waals surface area contributed by atoms with Crippen LogP contribution in [0.15, 0.2) is 24.3 Å². The molecular formula is C56H106O12S. The average molecular weight is 1000 g/mol. The number of carbonyl (C=O) groups excluding carboxylic acids is 1. The lowest BCUT2D eigenvalue weighted by Gasteiger charge is -2.41. The van der Waals surface area contributed by atoms with Crippen LogP contribution in [0.3, 0.4) is 0 Å². The molecule has 1 rings (SSSR count). The number of rotatable bonds is 51. The van der Waals surface area contributed by atoms with Gasteiger partial charge in [0.1, 0.15) is 30.5 Å². The van der Waals surface area contributed by atoms with Crippen LogP contribution in [0.5, 0.6) is 0 Å². The van der Waals surface area contributed by atoms with E-state index in [4.69, 9.17) is 18.9 Å². The molecule has 4 N–H and O–H groups in total. The van der Waals surface area contributed by atoms with Gasteiger partial charge in [0.2, 0.25) is 0 Å². The van der Waals surface area contributed by atoms with E-state index >= 15 is 0 Å². The Morgan fingerprint density at radius 2 is 0.957 bits per heavy atom. The van der Waals surface area contributed by atoms with E-state index in [9.17, 15) is 33.1 Å². The Morgan fingerprint density at radius 3 is 1.39 bits per heavy atom. The van der Waals surface area contributed by atoms with Gasteiger partial charge in [-0.1, -0.05) is 237 Å². The van der Waals surface area contributed by atoms with Crippen molar-refractivity contribution in [3.05, 3.63) is 24.3 Å². The summed E-state index contributed by atoms with van der Waals surface area (Å²) >= 11 is 0. The number of aliphatic hydroxyl groups is 3. The van der Waals surface area contributed by atoms with E-state index in [-0.39, 0.29) is 19.6 Å². The largest absolute Gasteiger partial charge is 0.457 e. The zero-order valence-corrected chi connectivity index (χ0v) is 45.0. The standard InChI is InChI=1S/C56H106O12S/c1-3-5-7-9-11-13-15-17-19-21-22-23-24-25-26-27-28-29-31-33-35-37-39-41-43-45-52(58)66-50(49-65-56-54(60)55(68-69(61,62)63)53(59)51(47-57)67-56)48-64-46-44-42-40-38-36-34-32-30-20-18-16-14-12-10-8-6-4-2/h14,16,20,30,50-51,53-57,59-60H,3-13,15,17-19,21-29,31-49H2,1-2H3,(H,61,62,63)/b16-14-,30-20-. The maximum Gasteiger partial charge on any atom is 0.397 e. The fourth-order valence-corrected chi connectivity index (χ4v) is 9.51. The number of aliphatic hydroxyl groups excluding tert-OH is 3. The zero-order valence-electron chi connectivity index (χ0n) is 44.1. The maximum absolute atomic E-state index is 12.9. The first kappa shape index (κ1) is 65.6. The van der Waals surface area contributed by atoms with Crippen molar-refractivity contribution in [3.8, 4) is 0 Å². The third-order valence-corrected chi connectivity index (χ3v) is 13.8. The molecule has 0 spiro atoms. The zero-order chi connectivity index (χ0) is 50.3. The molecule has 0 aromatic heterocycles. The number of carbonyl (C=O) groups is 1. The van der Waals surface area contributed by atoms with Crippen LogP contribution < -0.4 is 0 Å². The number of allylic oxidation sites excluding steroid dienone is 4. The molecule has 1 aliphatic heterocycles. The minimum Gasteiger partial charge on any atom is -0.457 e. The molecule has 12 nitrogen and oxygen atoms in total. The number of ether oxygens (including phenoxy) is 4. The van der Waals surface area contributed by atoms with Gasteiger partial charge in [-0.05, 0) is 44.9 Å². The molecule has 1 aliphatic rings. The van der Waals surface area contributed by atoms with Crippen LogP contribution in [-0.2, 0) is 38.3 Å². The van der Waals surface area contributed by atoms with Gasteiger partial charge >= 0.3 is 16.4 Å². The fraction of sp³-hybridized carbons (Fsp3) is 0.911. The first-order valence-electron chi connectivity index (χ1n) is 28.6. The predicted molar refractivity (Wildman–Crippen MR) is 281 cm³/mol. The molecule has 0 radical (unpaired) electrons. The van der Waals surface area contributed by atoms with Crippen LogP contribution in [0.1, 0.15) is 264 Å². The maximum atomic E-state index is 12.9. The summed E-state index contributed by atoms with van der Waals surface area (Å²) < 4.78 is 59.4. The minimum absolute atomic E-state index is 0.0331. The van der Waals surface area contributed by atoms with Crippen molar-refractivity contribution in [1.82, 2.24) is 0 Å². The van der Waals surface area contributed by atoms with Gasteiger partial charge in [0.15, 0.2) is 6.29 Å². The van der Waals surface area contributed by atoms with E-state index in [1.807, 2.05) is 0 Å². The Kier molecular flexibility index (Phi) is 45.2. The van der Waals surface area contributed by atoms with Crippen LogP contribution in [0.4, 0.5) is 0 Å². The van der Waals surface area contributed by atoms with Gasteiger partial charge in [0, 0.05) is 13.0 Å². The van der Waals surface area contributed by atoms with Crippen LogP contribution in [0.25, 0.3) is 0 Å². The van der Waals surface area contributed by atoms with Crippen molar-refractivity contribution in [3.63, 3.8) is 0 Å². The van der Waals surface area contributed by atoms with E-state index in [0.29, 0.717) is 13.0 Å². The summed E-state index contributed by atoms with van der Waals surface area (Å²) in [5, 5.41) is 30.8. The first-order chi connectivity index (χ1) is 33.6. The highest BCUT2D eigenvalue weighted by atomic mass is 32.3. The van der Waals surface area contributed by atoms with E-state index < -0.39 is 59.8 Å². The number of esters is 1. The second kappa shape index (κ2) is 47.6. The van der Waals surface area contributed by atoms with Gasteiger partial charge < -0.3 is 34.3 Å². The normalized spacial score (nSPS) is 19.3. The molecule has 13 heteroatoms. The molecule has 0 aromatic rings. The quantitative estimate of drug-likeness (QED) is 0.0196. The summed E-state index contributed by atoms with van der Waals surface area (Å²) in [7, 11) is -5.07. The van der Waals surface area contributed by atoms with Gasteiger partial charge in [-0.25, -0.2) is 4.18 Å². The molecule has 6 unspecified atom stereocenters. The van der Waals surface area contributed by atoms with Crippen molar-refractivity contribution in [1.29, 1.82) is 0 Å². The summed E-state index contributed by atoms with van der Waals surface area (Å²) in [5.74, 6) is -0.397. The van der Waals surface area contributed by atoms with Crippen molar-refractivity contribution in [2.45, 2.75) is 301 Å². The molecular weight excluding hydrogens is 897 g/mol. The van der Waals surface area contributed by atoms with Crippen LogP contribution in [0.2, 0.25) is 0 Å². The Morgan fingerprint density at radius 1 is 0.551 bits per heavy atom. The lowest BCUT2D eigenvalue weighted by Crippen LogP contribution is -2.60. The van der Waals surface area contributed by atoms with Gasteiger partial charge in [-0.3, -0.25) is 9.35 Å². The molecule has 0 bridgehead atoms. The predicted octanol–water partition coefficient (Wildman–Crippen LogP) is 13.9. The molecule has 0 saturated carbocycles. The molecule has 69 heavy (non-hydrogen) atoms. The fourth-order valence-electron chi connectivity index (χ4n) is 9.00. The molecule has 6 atom stereocenters. The minimum atomic E-state index is -5.07. The van der Waals surface area contributed by atoms with Crippen molar-refractivity contribution < 1.29 is 56.2 Å². The van der Waals surface area contributed by atoms with Crippen LogP contribution in [0, 0.1) is 0 Å². The van der Waals surface area contributed by atoms with Gasteiger partial charge in [0.05, 0.1) is 19.8 Å². The Bertz CT molecular complexity index is 1300. The lowest BCUT2D eigenvalue weighted by atomic mass is 9.99. The molecule has 0 aliphatic carbocycles. The van der Waals surface area contributed by atoms with E-state index in [1.165, 1.54) is 180 Å². The molecule has 408 valence electrons. The second-order valence-corrected chi connectivity index (χ2v) is 20.9. The van der Waals surface area contributed by atoms with E-state index in [2.05, 4.69) is 42.3 Å². The van der Waals surface area contributed by atoms with E-state index in [1.54, 1.807) is 0 Å². The lowest BCUT2D eigenvalue weighted by molar-refractivity contribution is -0.301. The average Bonchev–Trinajstić information content (AvgIpc) is 3.32. The highest BCUT2D eigenvalue weighted by molar-refractivity contribution is 7.80. The molecule has 1 saturated heterocycles.